The predicted molar refractivity (Wildman–Crippen MR) is 54.8 cm³/mol. The first-order valence-electron chi connectivity index (χ1n) is 4.57. The van der Waals surface area contributed by atoms with Crippen molar-refractivity contribution in [1.82, 2.24) is 5.32 Å². The molecule has 1 amide bonds. The third-order valence-corrected chi connectivity index (χ3v) is 3.05. The molecule has 1 rings (SSSR count). The van der Waals surface area contributed by atoms with Crippen molar-refractivity contribution in [2.75, 3.05) is 11.5 Å². The van der Waals surface area contributed by atoms with Crippen molar-refractivity contribution < 1.29 is 9.90 Å². The van der Waals surface area contributed by atoms with Crippen LogP contribution in [-0.4, -0.2) is 34.2 Å². The number of hydrogen-bond donors (Lipinski definition) is 2. The molecule has 76 valence electrons. The molecule has 0 aliphatic carbocycles. The topological polar surface area (TPSA) is 49.3 Å². The Kier molecular flexibility index (Phi) is 3.62. The fourth-order valence-electron chi connectivity index (χ4n) is 1.32. The zero-order valence-corrected chi connectivity index (χ0v) is 8.99. The number of aliphatic hydroxyl groups is 1. The molecule has 0 bridgehead atoms. The number of hydrogen-bond acceptors (Lipinski definition) is 3. The molecule has 1 unspecified atom stereocenters. The fourth-order valence-corrected chi connectivity index (χ4v) is 2.47. The molecule has 3 nitrogen and oxygen atoms in total. The molecule has 0 saturated carbocycles. The second-order valence-electron chi connectivity index (χ2n) is 4.12. The van der Waals surface area contributed by atoms with Crippen LogP contribution in [0.25, 0.3) is 0 Å². The lowest BCUT2D eigenvalue weighted by Crippen LogP contribution is -2.38. The van der Waals surface area contributed by atoms with Crippen molar-refractivity contribution in [1.29, 1.82) is 0 Å². The molecule has 0 radical (unpaired) electrons. The highest BCUT2D eigenvalue weighted by Gasteiger charge is 2.22. The first-order chi connectivity index (χ1) is 5.97. The first-order valence-corrected chi connectivity index (χ1v) is 5.72. The lowest BCUT2D eigenvalue weighted by atomic mass is 10.1. The molecule has 1 aliphatic heterocycles. The number of thioether (sulfide) groups is 1. The Hall–Kier alpha value is -0.220. The van der Waals surface area contributed by atoms with Crippen molar-refractivity contribution in [2.24, 2.45) is 0 Å². The summed E-state index contributed by atoms with van der Waals surface area (Å²) in [6, 6.07) is 0.319. The predicted octanol–water partition coefficient (Wildman–Crippen LogP) is 0.769. The molecule has 1 atom stereocenters. The molecule has 4 heteroatoms. The highest BCUT2D eigenvalue weighted by Crippen LogP contribution is 2.17. The number of nitrogens with one attached hydrogen (secondary N) is 1. The van der Waals surface area contributed by atoms with E-state index in [4.69, 9.17) is 0 Å². The SMILES string of the molecule is CC(C)(O)CC(=O)NC1CCSC1. The van der Waals surface area contributed by atoms with E-state index >= 15 is 0 Å². The van der Waals surface area contributed by atoms with Gasteiger partial charge in [-0.25, -0.2) is 0 Å². The van der Waals surface area contributed by atoms with Crippen molar-refractivity contribution in [3.8, 4) is 0 Å². The Bertz CT molecular complexity index is 183. The molecule has 1 aliphatic rings. The van der Waals surface area contributed by atoms with Crippen LogP contribution in [0.2, 0.25) is 0 Å². The molecule has 0 aromatic carbocycles. The standard InChI is InChI=1S/C9H17NO2S/c1-9(2,12)5-8(11)10-7-3-4-13-6-7/h7,12H,3-6H2,1-2H3,(H,10,11). The van der Waals surface area contributed by atoms with Crippen LogP contribution in [0, 0.1) is 0 Å². The minimum absolute atomic E-state index is 0.0417. The summed E-state index contributed by atoms with van der Waals surface area (Å²) >= 11 is 1.86. The summed E-state index contributed by atoms with van der Waals surface area (Å²) in [7, 11) is 0. The third-order valence-electron chi connectivity index (χ3n) is 1.89. The quantitative estimate of drug-likeness (QED) is 0.712. The van der Waals surface area contributed by atoms with Gasteiger partial charge in [-0.05, 0) is 26.0 Å². The number of carbonyl (C=O) groups is 1. The monoisotopic (exact) mass is 203 g/mol. The van der Waals surface area contributed by atoms with E-state index in [0.29, 0.717) is 6.04 Å². The largest absolute Gasteiger partial charge is 0.390 e. The van der Waals surface area contributed by atoms with Crippen LogP contribution < -0.4 is 5.32 Å². The van der Waals surface area contributed by atoms with Gasteiger partial charge >= 0.3 is 0 Å². The maximum absolute atomic E-state index is 11.3. The van der Waals surface area contributed by atoms with Gasteiger partial charge in [-0.2, -0.15) is 11.8 Å². The Morgan fingerprint density at radius 1 is 1.69 bits per heavy atom. The summed E-state index contributed by atoms with van der Waals surface area (Å²) in [6.45, 7) is 3.30. The van der Waals surface area contributed by atoms with E-state index < -0.39 is 5.60 Å². The van der Waals surface area contributed by atoms with Gasteiger partial charge in [0.1, 0.15) is 0 Å². The van der Waals surface area contributed by atoms with E-state index in [1.54, 1.807) is 13.8 Å². The van der Waals surface area contributed by atoms with E-state index in [0.717, 1.165) is 17.9 Å². The molecule has 2 N–H and O–H groups in total. The van der Waals surface area contributed by atoms with Gasteiger partial charge in [0, 0.05) is 11.8 Å². The van der Waals surface area contributed by atoms with E-state index in [-0.39, 0.29) is 12.3 Å². The Labute approximate surface area is 83.3 Å². The Balaban J connectivity index is 2.24. The lowest BCUT2D eigenvalue weighted by Gasteiger charge is -2.18. The van der Waals surface area contributed by atoms with Crippen molar-refractivity contribution >= 4 is 17.7 Å². The summed E-state index contributed by atoms with van der Waals surface area (Å²) in [6.07, 6.45) is 1.25. The molecule has 0 spiro atoms. The van der Waals surface area contributed by atoms with Crippen LogP contribution in [0.3, 0.4) is 0 Å². The highest BCUT2D eigenvalue weighted by molar-refractivity contribution is 7.99. The minimum atomic E-state index is -0.893. The highest BCUT2D eigenvalue weighted by atomic mass is 32.2. The third kappa shape index (κ3) is 4.52. The molecule has 13 heavy (non-hydrogen) atoms. The van der Waals surface area contributed by atoms with Crippen LogP contribution >= 0.6 is 11.8 Å². The summed E-state index contributed by atoms with van der Waals surface area (Å²) < 4.78 is 0. The zero-order chi connectivity index (χ0) is 9.90. The van der Waals surface area contributed by atoms with Gasteiger partial charge in [0.2, 0.25) is 5.91 Å². The Morgan fingerprint density at radius 2 is 2.38 bits per heavy atom. The van der Waals surface area contributed by atoms with Crippen molar-refractivity contribution in [2.45, 2.75) is 38.3 Å². The van der Waals surface area contributed by atoms with Crippen LogP contribution in [0.15, 0.2) is 0 Å². The van der Waals surface area contributed by atoms with Crippen LogP contribution in [0.1, 0.15) is 26.7 Å². The van der Waals surface area contributed by atoms with Gasteiger partial charge in [0.05, 0.1) is 12.0 Å². The molecule has 0 aromatic heterocycles. The van der Waals surface area contributed by atoms with Crippen LogP contribution in [0.5, 0.6) is 0 Å². The molecule has 1 fully saturated rings. The van der Waals surface area contributed by atoms with Gasteiger partial charge < -0.3 is 10.4 Å². The second-order valence-corrected chi connectivity index (χ2v) is 5.27. The summed E-state index contributed by atoms with van der Waals surface area (Å²) in [4.78, 5) is 11.3. The maximum atomic E-state index is 11.3. The maximum Gasteiger partial charge on any atom is 0.223 e. The van der Waals surface area contributed by atoms with Crippen molar-refractivity contribution in [3.05, 3.63) is 0 Å². The van der Waals surface area contributed by atoms with E-state index in [2.05, 4.69) is 5.32 Å². The first kappa shape index (κ1) is 10.9. The van der Waals surface area contributed by atoms with Crippen molar-refractivity contribution in [3.63, 3.8) is 0 Å². The van der Waals surface area contributed by atoms with Gasteiger partial charge in [-0.3, -0.25) is 4.79 Å². The molecular weight excluding hydrogens is 186 g/mol. The Morgan fingerprint density at radius 3 is 2.85 bits per heavy atom. The molecule has 1 saturated heterocycles. The summed E-state index contributed by atoms with van der Waals surface area (Å²) in [5, 5.41) is 12.3. The minimum Gasteiger partial charge on any atom is -0.390 e. The van der Waals surface area contributed by atoms with Gasteiger partial charge in [0.15, 0.2) is 0 Å². The van der Waals surface area contributed by atoms with Crippen LogP contribution in [0.4, 0.5) is 0 Å². The average molecular weight is 203 g/mol. The zero-order valence-electron chi connectivity index (χ0n) is 8.17. The van der Waals surface area contributed by atoms with Crippen LogP contribution in [-0.2, 0) is 4.79 Å². The average Bonchev–Trinajstić information content (AvgIpc) is 2.34. The second kappa shape index (κ2) is 4.33. The normalized spacial score (nSPS) is 23.2. The lowest BCUT2D eigenvalue weighted by molar-refractivity contribution is -0.125. The molecular formula is C9H17NO2S. The van der Waals surface area contributed by atoms with Gasteiger partial charge in [0.25, 0.3) is 0 Å². The fraction of sp³-hybridized carbons (Fsp3) is 0.889. The van der Waals surface area contributed by atoms with E-state index in [1.165, 1.54) is 0 Å². The number of rotatable bonds is 3. The summed E-state index contributed by atoms with van der Waals surface area (Å²) in [5.41, 5.74) is -0.893. The van der Waals surface area contributed by atoms with Gasteiger partial charge in [-0.1, -0.05) is 0 Å². The number of carbonyl (C=O) groups excluding carboxylic acids is 1. The smallest absolute Gasteiger partial charge is 0.223 e. The summed E-state index contributed by atoms with van der Waals surface area (Å²) in [5.74, 6) is 2.10. The molecule has 1 heterocycles. The van der Waals surface area contributed by atoms with Gasteiger partial charge in [-0.15, -0.1) is 0 Å². The number of amides is 1. The van der Waals surface area contributed by atoms with E-state index in [1.807, 2.05) is 11.8 Å². The van der Waals surface area contributed by atoms with E-state index in [9.17, 15) is 9.90 Å². The molecule has 0 aromatic rings.